The second-order valence-corrected chi connectivity index (χ2v) is 12.3. The first-order valence-corrected chi connectivity index (χ1v) is 15.5. The summed E-state index contributed by atoms with van der Waals surface area (Å²) in [7, 11) is -3.68. The van der Waals surface area contributed by atoms with Crippen molar-refractivity contribution in [3.05, 3.63) is 108 Å². The van der Waals surface area contributed by atoms with Crippen LogP contribution < -0.4 is 4.72 Å². The highest BCUT2D eigenvalue weighted by Crippen LogP contribution is 2.39. The molecule has 0 aromatic heterocycles. The number of aliphatic hydroxyl groups excluding tert-OH is 1. The van der Waals surface area contributed by atoms with Crippen molar-refractivity contribution >= 4 is 15.7 Å². The monoisotopic (exact) mass is 562 g/mol. The number of hydrogen-bond acceptors (Lipinski definition) is 6. The van der Waals surface area contributed by atoms with Gasteiger partial charge in [0.25, 0.3) is 10.0 Å². The van der Waals surface area contributed by atoms with Gasteiger partial charge in [-0.3, -0.25) is 9.62 Å². The van der Waals surface area contributed by atoms with Crippen LogP contribution in [0.4, 0.5) is 5.69 Å². The molecule has 2 fully saturated rings. The molecule has 1 saturated carbocycles. The molecule has 3 aromatic rings. The van der Waals surface area contributed by atoms with Crippen LogP contribution in [-0.2, 0) is 26.1 Å². The third-order valence-electron chi connectivity index (χ3n) is 7.75. The van der Waals surface area contributed by atoms with E-state index in [9.17, 15) is 13.5 Å². The highest BCUT2D eigenvalue weighted by molar-refractivity contribution is 7.92. The lowest BCUT2D eigenvalue weighted by atomic mass is 9.99. The Morgan fingerprint density at radius 3 is 2.25 bits per heavy atom. The lowest BCUT2D eigenvalue weighted by Gasteiger charge is -2.39. The summed E-state index contributed by atoms with van der Waals surface area (Å²) >= 11 is 0. The summed E-state index contributed by atoms with van der Waals surface area (Å²) in [6.07, 6.45) is 6.76. The van der Waals surface area contributed by atoms with Crippen LogP contribution in [0, 0.1) is 0 Å². The highest BCUT2D eigenvalue weighted by atomic mass is 32.2. The smallest absolute Gasteiger partial charge is 0.261 e. The Balaban J connectivity index is 1.35. The average molecular weight is 563 g/mol. The summed E-state index contributed by atoms with van der Waals surface area (Å²) < 4.78 is 41.2. The van der Waals surface area contributed by atoms with Crippen molar-refractivity contribution in [2.75, 3.05) is 17.8 Å². The van der Waals surface area contributed by atoms with Crippen LogP contribution in [0.1, 0.15) is 61.2 Å². The van der Waals surface area contributed by atoms with Gasteiger partial charge in [0, 0.05) is 36.8 Å². The Hall–Kier alpha value is -3.01. The minimum Gasteiger partial charge on any atom is -0.392 e. The quantitative estimate of drug-likeness (QED) is 0.281. The summed E-state index contributed by atoms with van der Waals surface area (Å²) in [6, 6.07) is 23.9. The second kappa shape index (κ2) is 13.1. The van der Waals surface area contributed by atoms with E-state index in [0.29, 0.717) is 18.2 Å². The van der Waals surface area contributed by atoms with Crippen molar-refractivity contribution in [1.29, 1.82) is 0 Å². The van der Waals surface area contributed by atoms with Gasteiger partial charge in [-0.25, -0.2) is 8.42 Å². The SMILES string of the molecule is C=CCN(C[C@@H]1C[C@H](c2ccc(CO)cc2)O[C@H](c2ccc(NS(=O)(=O)c3ccccc3)cc2)O1)C1CCCC1. The fourth-order valence-electron chi connectivity index (χ4n) is 5.62. The van der Waals surface area contributed by atoms with Gasteiger partial charge in [0.15, 0.2) is 6.29 Å². The molecule has 5 rings (SSSR count). The van der Waals surface area contributed by atoms with Crippen LogP contribution >= 0.6 is 0 Å². The van der Waals surface area contributed by atoms with Crippen LogP contribution in [0.15, 0.2) is 96.4 Å². The van der Waals surface area contributed by atoms with E-state index in [1.165, 1.54) is 25.7 Å². The third kappa shape index (κ3) is 7.00. The molecule has 0 radical (unpaired) electrons. The van der Waals surface area contributed by atoms with Gasteiger partial charge in [-0.2, -0.15) is 0 Å². The lowest BCUT2D eigenvalue weighted by Crippen LogP contribution is -2.43. The van der Waals surface area contributed by atoms with Crippen molar-refractivity contribution < 1.29 is 23.0 Å². The van der Waals surface area contributed by atoms with Gasteiger partial charge in [-0.15, -0.1) is 6.58 Å². The first-order valence-electron chi connectivity index (χ1n) is 14.0. The maximum Gasteiger partial charge on any atom is 0.261 e. The number of nitrogens with zero attached hydrogens (tertiary/aromatic N) is 1. The zero-order chi connectivity index (χ0) is 28.0. The molecule has 2 N–H and O–H groups in total. The van der Waals surface area contributed by atoms with Crippen LogP contribution in [0.25, 0.3) is 0 Å². The molecule has 40 heavy (non-hydrogen) atoms. The molecule has 0 bridgehead atoms. The Morgan fingerprint density at radius 2 is 1.60 bits per heavy atom. The standard InChI is InChI=1S/C32H38N2O5S/c1-2-20-34(28-8-6-7-9-28)22-29-21-31(25-14-12-24(23-35)13-15-25)39-32(38-29)26-16-18-27(19-17-26)33-40(36,37)30-10-4-3-5-11-30/h2-5,10-19,28-29,31-33,35H,1,6-9,20-23H2/t29-,31+,32+/m0/s1. The number of benzene rings is 3. The van der Waals surface area contributed by atoms with Gasteiger partial charge in [-0.1, -0.05) is 73.5 Å². The van der Waals surface area contributed by atoms with Crippen LogP contribution in [0.5, 0.6) is 0 Å². The van der Waals surface area contributed by atoms with Gasteiger partial charge in [0.2, 0.25) is 0 Å². The predicted molar refractivity (Wildman–Crippen MR) is 156 cm³/mol. The topological polar surface area (TPSA) is 88.1 Å². The number of rotatable bonds is 11. The normalized spacial score (nSPS) is 21.9. The molecule has 1 aliphatic heterocycles. The largest absolute Gasteiger partial charge is 0.392 e. The van der Waals surface area contributed by atoms with Crippen molar-refractivity contribution in [1.82, 2.24) is 4.90 Å². The summed E-state index contributed by atoms with van der Waals surface area (Å²) in [5.74, 6) is 0. The molecule has 3 aromatic carbocycles. The van der Waals surface area contributed by atoms with Gasteiger partial charge >= 0.3 is 0 Å². The van der Waals surface area contributed by atoms with Crippen molar-refractivity contribution in [3.63, 3.8) is 0 Å². The molecule has 8 heteroatoms. The van der Waals surface area contributed by atoms with Crippen LogP contribution in [-0.4, -0.2) is 43.7 Å². The molecule has 1 aliphatic carbocycles. The maximum atomic E-state index is 12.8. The van der Waals surface area contributed by atoms with E-state index in [1.54, 1.807) is 42.5 Å². The molecular weight excluding hydrogens is 524 g/mol. The molecule has 1 heterocycles. The van der Waals surface area contributed by atoms with Gasteiger partial charge in [0.1, 0.15) is 0 Å². The number of anilines is 1. The summed E-state index contributed by atoms with van der Waals surface area (Å²) in [4.78, 5) is 2.70. The molecule has 0 amide bonds. The van der Waals surface area contributed by atoms with Crippen LogP contribution in [0.2, 0.25) is 0 Å². The molecular formula is C32H38N2O5S. The molecule has 7 nitrogen and oxygen atoms in total. The molecule has 0 unspecified atom stereocenters. The van der Waals surface area contributed by atoms with Crippen LogP contribution in [0.3, 0.4) is 0 Å². The fraction of sp³-hybridized carbons (Fsp3) is 0.375. The van der Waals surface area contributed by atoms with E-state index in [-0.39, 0.29) is 23.7 Å². The zero-order valence-corrected chi connectivity index (χ0v) is 23.5. The molecule has 212 valence electrons. The maximum absolute atomic E-state index is 12.8. The molecule has 3 atom stereocenters. The van der Waals surface area contributed by atoms with Crippen molar-refractivity contribution in [3.8, 4) is 0 Å². The number of ether oxygens (including phenoxy) is 2. The first kappa shape index (κ1) is 28.5. The lowest BCUT2D eigenvalue weighted by molar-refractivity contribution is -0.253. The van der Waals surface area contributed by atoms with E-state index < -0.39 is 16.3 Å². The summed E-state index contributed by atoms with van der Waals surface area (Å²) in [5, 5.41) is 9.48. The Morgan fingerprint density at radius 1 is 0.925 bits per heavy atom. The number of nitrogens with one attached hydrogen (secondary N) is 1. The van der Waals surface area contributed by atoms with Crippen molar-refractivity contribution in [2.45, 2.75) is 68.1 Å². The molecule has 0 spiro atoms. The van der Waals surface area contributed by atoms with Gasteiger partial charge in [0.05, 0.1) is 23.7 Å². The van der Waals surface area contributed by atoms with E-state index in [0.717, 1.165) is 29.8 Å². The Bertz CT molecular complexity index is 1340. The van der Waals surface area contributed by atoms with E-state index >= 15 is 0 Å². The molecule has 2 aliphatic rings. The first-order chi connectivity index (χ1) is 19.4. The predicted octanol–water partition coefficient (Wildman–Crippen LogP) is 5.96. The third-order valence-corrected chi connectivity index (χ3v) is 9.14. The minimum absolute atomic E-state index is 0.00154. The van der Waals surface area contributed by atoms with Crippen molar-refractivity contribution in [2.24, 2.45) is 0 Å². The van der Waals surface area contributed by atoms with Gasteiger partial charge in [-0.05, 0) is 48.2 Å². The summed E-state index contributed by atoms with van der Waals surface area (Å²) in [5.41, 5.74) is 3.18. The Labute approximate surface area is 237 Å². The minimum atomic E-state index is -3.68. The van der Waals surface area contributed by atoms with E-state index in [1.807, 2.05) is 42.5 Å². The number of sulfonamides is 1. The summed E-state index contributed by atoms with van der Waals surface area (Å²) in [6.45, 7) is 5.59. The highest BCUT2D eigenvalue weighted by Gasteiger charge is 2.34. The Kier molecular flexibility index (Phi) is 9.34. The van der Waals surface area contributed by atoms with E-state index in [4.69, 9.17) is 9.47 Å². The average Bonchev–Trinajstić information content (AvgIpc) is 3.53. The number of hydrogen-bond donors (Lipinski definition) is 2. The van der Waals surface area contributed by atoms with Gasteiger partial charge < -0.3 is 14.6 Å². The fourth-order valence-corrected chi connectivity index (χ4v) is 6.70. The molecule has 1 saturated heterocycles. The van der Waals surface area contributed by atoms with E-state index in [2.05, 4.69) is 16.2 Å². The number of aliphatic hydroxyl groups is 1. The second-order valence-electron chi connectivity index (χ2n) is 10.6. The zero-order valence-electron chi connectivity index (χ0n) is 22.7.